The van der Waals surface area contributed by atoms with E-state index in [2.05, 4.69) is 34.9 Å². The number of hydrogen-bond donors (Lipinski definition) is 0. The molecule has 0 N–H and O–H groups in total. The van der Waals surface area contributed by atoms with Gasteiger partial charge in [-0.3, -0.25) is 0 Å². The van der Waals surface area contributed by atoms with Crippen LogP contribution in [0, 0.1) is 5.41 Å². The Hall–Kier alpha value is 0.0649. The van der Waals surface area contributed by atoms with Gasteiger partial charge in [0.25, 0.3) is 0 Å². The van der Waals surface area contributed by atoms with Crippen LogP contribution in [0.2, 0.25) is 12.1 Å². The molecule has 0 nitrogen and oxygen atoms in total. The van der Waals surface area contributed by atoms with Gasteiger partial charge in [0.1, 0.15) is 7.28 Å². The lowest BCUT2D eigenvalue weighted by Gasteiger charge is -2.41. The molecule has 1 rings (SSSR count). The molecule has 0 atom stereocenters. The smallest absolute Gasteiger partial charge is 0.0914 e. The first kappa shape index (κ1) is 9.16. The Morgan fingerprint density at radius 3 is 1.73 bits per heavy atom. The molecule has 63 valence electrons. The molecular weight excluding hydrogens is 131 g/mol. The molecule has 1 saturated carbocycles. The van der Waals surface area contributed by atoms with Crippen molar-refractivity contribution in [2.75, 3.05) is 0 Å². The minimum absolute atomic E-state index is 0.470. The fraction of sp³-hybridized carbons (Fsp3) is 1.00. The molecule has 0 saturated heterocycles. The zero-order chi connectivity index (χ0) is 8.54. The van der Waals surface area contributed by atoms with Crippen LogP contribution < -0.4 is 0 Å². The van der Waals surface area contributed by atoms with E-state index in [-0.39, 0.29) is 0 Å². The third kappa shape index (κ3) is 1.48. The molecule has 11 heavy (non-hydrogen) atoms. The van der Waals surface area contributed by atoms with Crippen molar-refractivity contribution in [1.29, 1.82) is 0 Å². The van der Waals surface area contributed by atoms with E-state index >= 15 is 0 Å². The van der Waals surface area contributed by atoms with Crippen molar-refractivity contribution in [3.63, 3.8) is 0 Å². The molecular formula is C10H20B. The maximum atomic E-state index is 2.44. The Morgan fingerprint density at radius 2 is 1.55 bits per heavy atom. The van der Waals surface area contributed by atoms with Gasteiger partial charge in [0, 0.05) is 0 Å². The van der Waals surface area contributed by atoms with Gasteiger partial charge in [-0.25, -0.2) is 0 Å². The van der Waals surface area contributed by atoms with Gasteiger partial charge in [0.2, 0.25) is 0 Å². The van der Waals surface area contributed by atoms with E-state index in [4.69, 9.17) is 0 Å². The van der Waals surface area contributed by atoms with Gasteiger partial charge in [0.15, 0.2) is 0 Å². The lowest BCUT2D eigenvalue weighted by molar-refractivity contribution is 0.263. The summed E-state index contributed by atoms with van der Waals surface area (Å²) >= 11 is 0. The lowest BCUT2D eigenvalue weighted by Crippen LogP contribution is -2.30. The average molecular weight is 151 g/mol. The largest absolute Gasteiger partial charge is 0.115 e. The molecule has 1 heteroatoms. The van der Waals surface area contributed by atoms with E-state index < -0.39 is 0 Å². The van der Waals surface area contributed by atoms with Crippen LogP contribution in [0.4, 0.5) is 0 Å². The summed E-state index contributed by atoms with van der Waals surface area (Å²) in [5.74, 6) is 0. The lowest BCUT2D eigenvalue weighted by atomic mass is 9.43. The zero-order valence-electron chi connectivity index (χ0n) is 8.41. The predicted octanol–water partition coefficient (Wildman–Crippen LogP) is 3.52. The second-order valence-corrected chi connectivity index (χ2v) is 4.90. The molecule has 0 spiro atoms. The number of hydrogen-bond acceptors (Lipinski definition) is 0. The predicted molar refractivity (Wildman–Crippen MR) is 52.2 cm³/mol. The summed E-state index contributed by atoms with van der Waals surface area (Å²) < 4.78 is 0. The van der Waals surface area contributed by atoms with Crippen LogP contribution in [0.15, 0.2) is 0 Å². The SMILES string of the molecule is C[B]C1(C(C)(C)C)CCCC1. The van der Waals surface area contributed by atoms with E-state index in [0.29, 0.717) is 10.7 Å². The molecule has 1 radical (unpaired) electrons. The first-order valence-corrected chi connectivity index (χ1v) is 4.82. The Bertz CT molecular complexity index is 126. The highest BCUT2D eigenvalue weighted by atomic mass is 14.4. The van der Waals surface area contributed by atoms with Crippen LogP contribution in [0.1, 0.15) is 46.5 Å². The number of rotatable bonds is 1. The Balaban J connectivity index is 2.75. The highest BCUT2D eigenvalue weighted by Crippen LogP contribution is 2.56. The second-order valence-electron chi connectivity index (χ2n) is 4.90. The molecule has 0 amide bonds. The van der Waals surface area contributed by atoms with E-state index in [1.165, 1.54) is 25.7 Å². The van der Waals surface area contributed by atoms with E-state index in [0.717, 1.165) is 0 Å². The van der Waals surface area contributed by atoms with Crippen LogP contribution >= 0.6 is 0 Å². The second kappa shape index (κ2) is 2.84. The molecule has 0 aromatic heterocycles. The summed E-state index contributed by atoms with van der Waals surface area (Å²) in [6.45, 7) is 9.35. The van der Waals surface area contributed by atoms with Crippen molar-refractivity contribution in [2.45, 2.75) is 58.6 Å². The van der Waals surface area contributed by atoms with Gasteiger partial charge in [-0.15, -0.1) is 0 Å². The third-order valence-corrected chi connectivity index (χ3v) is 3.54. The molecule has 1 aliphatic carbocycles. The van der Waals surface area contributed by atoms with E-state index in [1.54, 1.807) is 0 Å². The van der Waals surface area contributed by atoms with Gasteiger partial charge in [0.05, 0.1) is 0 Å². The minimum atomic E-state index is 0.470. The van der Waals surface area contributed by atoms with Crippen LogP contribution in [0.3, 0.4) is 0 Å². The maximum absolute atomic E-state index is 2.44. The fourth-order valence-electron chi connectivity index (χ4n) is 2.48. The van der Waals surface area contributed by atoms with Gasteiger partial charge in [-0.2, -0.15) is 0 Å². The van der Waals surface area contributed by atoms with Crippen molar-refractivity contribution < 1.29 is 0 Å². The normalized spacial score (nSPS) is 23.6. The standard InChI is InChI=1S/C10H20B/c1-9(2,3)10(11-4)7-5-6-8-10/h5-8H2,1-4H3. The summed E-state index contributed by atoms with van der Waals surface area (Å²) in [5.41, 5.74) is 0.470. The highest BCUT2D eigenvalue weighted by molar-refractivity contribution is 6.38. The topological polar surface area (TPSA) is 0 Å². The summed E-state index contributed by atoms with van der Waals surface area (Å²) in [4.78, 5) is 0. The third-order valence-electron chi connectivity index (χ3n) is 3.54. The quantitative estimate of drug-likeness (QED) is 0.503. The Labute approximate surface area is 72.0 Å². The molecule has 0 unspecified atom stereocenters. The van der Waals surface area contributed by atoms with Gasteiger partial charge in [-0.1, -0.05) is 58.6 Å². The molecule has 0 aromatic carbocycles. The van der Waals surface area contributed by atoms with Crippen molar-refractivity contribution in [3.05, 3.63) is 0 Å². The van der Waals surface area contributed by atoms with Gasteiger partial charge < -0.3 is 0 Å². The first-order valence-electron chi connectivity index (χ1n) is 4.82. The minimum Gasteiger partial charge on any atom is -0.0914 e. The highest BCUT2D eigenvalue weighted by Gasteiger charge is 2.41. The summed E-state index contributed by atoms with van der Waals surface area (Å²) in [6, 6.07) is 0. The molecule has 1 fully saturated rings. The average Bonchev–Trinajstić information content (AvgIpc) is 2.33. The van der Waals surface area contributed by atoms with Crippen LogP contribution in [0.5, 0.6) is 0 Å². The molecule has 1 aliphatic rings. The van der Waals surface area contributed by atoms with E-state index in [9.17, 15) is 0 Å². The molecule has 0 aromatic rings. The van der Waals surface area contributed by atoms with Crippen molar-refractivity contribution in [3.8, 4) is 0 Å². The molecule has 0 heterocycles. The van der Waals surface area contributed by atoms with Gasteiger partial charge >= 0.3 is 0 Å². The van der Waals surface area contributed by atoms with Gasteiger partial charge in [-0.05, 0) is 5.41 Å². The van der Waals surface area contributed by atoms with Crippen LogP contribution in [0.25, 0.3) is 0 Å². The molecule has 0 aliphatic heterocycles. The van der Waals surface area contributed by atoms with Crippen molar-refractivity contribution in [2.24, 2.45) is 5.41 Å². The maximum Gasteiger partial charge on any atom is 0.115 e. The first-order chi connectivity index (χ1) is 5.02. The van der Waals surface area contributed by atoms with Crippen LogP contribution in [-0.4, -0.2) is 7.28 Å². The van der Waals surface area contributed by atoms with Crippen LogP contribution in [-0.2, 0) is 0 Å². The summed E-state index contributed by atoms with van der Waals surface area (Å²) in [6.07, 6.45) is 5.68. The Morgan fingerprint density at radius 1 is 1.09 bits per heavy atom. The fourth-order valence-corrected chi connectivity index (χ4v) is 2.48. The van der Waals surface area contributed by atoms with Crippen molar-refractivity contribution in [1.82, 2.24) is 0 Å². The summed E-state index contributed by atoms with van der Waals surface area (Å²) in [5, 5.41) is 0.549. The van der Waals surface area contributed by atoms with Crippen molar-refractivity contribution >= 4 is 7.28 Å². The monoisotopic (exact) mass is 151 g/mol. The van der Waals surface area contributed by atoms with E-state index in [1.807, 2.05) is 0 Å². The molecule has 0 bridgehead atoms. The zero-order valence-corrected chi connectivity index (χ0v) is 8.41. The Kier molecular flexibility index (Phi) is 2.36. The summed E-state index contributed by atoms with van der Waals surface area (Å²) in [7, 11) is 2.44.